The normalized spacial score (nSPS) is 19.3. The second-order valence-corrected chi connectivity index (χ2v) is 5.46. The average molecular weight is 282 g/mol. The van der Waals surface area contributed by atoms with Crippen molar-refractivity contribution in [1.82, 2.24) is 9.88 Å². The molecular weight excluding hydrogens is 264 g/mol. The van der Waals surface area contributed by atoms with Gasteiger partial charge in [-0.15, -0.1) is 11.3 Å². The van der Waals surface area contributed by atoms with E-state index >= 15 is 0 Å². The minimum Gasteiger partial charge on any atom is -0.461 e. The summed E-state index contributed by atoms with van der Waals surface area (Å²) in [5.74, 6) is -0.544. The first-order valence-electron chi connectivity index (χ1n) is 6.57. The third-order valence-corrected chi connectivity index (χ3v) is 4.06. The molecule has 19 heavy (non-hydrogen) atoms. The first-order valence-corrected chi connectivity index (χ1v) is 7.45. The molecule has 1 aromatic rings. The number of likely N-dealkylation sites (tertiary alicyclic amines) is 1. The minimum absolute atomic E-state index is 0.0843. The highest BCUT2D eigenvalue weighted by Gasteiger charge is 2.26. The van der Waals surface area contributed by atoms with Gasteiger partial charge in [-0.2, -0.15) is 0 Å². The van der Waals surface area contributed by atoms with E-state index in [0.717, 1.165) is 37.1 Å². The van der Waals surface area contributed by atoms with Crippen molar-refractivity contribution in [2.75, 3.05) is 13.2 Å². The molecule has 2 rings (SSSR count). The van der Waals surface area contributed by atoms with E-state index in [-0.39, 0.29) is 17.0 Å². The maximum atomic E-state index is 12.3. The van der Waals surface area contributed by atoms with Crippen LogP contribution in [0.2, 0.25) is 0 Å². The fraction of sp³-hybridized carbons (Fsp3) is 0.615. The first-order chi connectivity index (χ1) is 9.13. The minimum atomic E-state index is -0.460. The molecule has 1 amide bonds. The maximum Gasteiger partial charge on any atom is 0.367 e. The lowest BCUT2D eigenvalue weighted by atomic mass is 10.0. The number of thiazole rings is 1. The van der Waals surface area contributed by atoms with Crippen molar-refractivity contribution >= 4 is 23.2 Å². The van der Waals surface area contributed by atoms with E-state index in [1.165, 1.54) is 0 Å². The van der Waals surface area contributed by atoms with Gasteiger partial charge in [0.15, 0.2) is 0 Å². The Morgan fingerprint density at radius 2 is 2.32 bits per heavy atom. The molecule has 104 valence electrons. The Morgan fingerprint density at radius 3 is 3.00 bits per heavy atom. The van der Waals surface area contributed by atoms with Gasteiger partial charge in [0, 0.05) is 18.0 Å². The number of hydrogen-bond donors (Lipinski definition) is 0. The molecule has 1 aliphatic rings. The van der Waals surface area contributed by atoms with Crippen LogP contribution in [-0.2, 0) is 4.74 Å². The number of aromatic nitrogens is 1. The first kappa shape index (κ1) is 14.0. The Kier molecular flexibility index (Phi) is 4.52. The third kappa shape index (κ3) is 3.12. The van der Waals surface area contributed by atoms with E-state index in [9.17, 15) is 9.59 Å². The monoisotopic (exact) mass is 282 g/mol. The van der Waals surface area contributed by atoms with E-state index in [0.29, 0.717) is 12.3 Å². The van der Waals surface area contributed by atoms with Crippen LogP contribution in [0, 0.1) is 0 Å². The number of amides is 1. The molecule has 0 saturated carbocycles. The Labute approximate surface area is 116 Å². The van der Waals surface area contributed by atoms with E-state index < -0.39 is 5.97 Å². The summed E-state index contributed by atoms with van der Waals surface area (Å²) in [5.41, 5.74) is 0.349. The molecule has 0 bridgehead atoms. The molecule has 0 radical (unpaired) electrons. The predicted molar refractivity (Wildman–Crippen MR) is 72.4 cm³/mol. The summed E-state index contributed by atoms with van der Waals surface area (Å²) in [7, 11) is 0. The highest BCUT2D eigenvalue weighted by molar-refractivity contribution is 7.11. The molecule has 5 nitrogen and oxygen atoms in total. The summed E-state index contributed by atoms with van der Waals surface area (Å²) in [4.78, 5) is 29.8. The largest absolute Gasteiger partial charge is 0.461 e. The number of carbonyl (C=O) groups excluding carboxylic acids is 2. The number of carbonyl (C=O) groups is 2. The highest BCUT2D eigenvalue weighted by Crippen LogP contribution is 2.20. The zero-order chi connectivity index (χ0) is 13.8. The molecule has 0 spiro atoms. The zero-order valence-corrected chi connectivity index (χ0v) is 12.0. The van der Waals surface area contributed by atoms with Crippen LogP contribution in [-0.4, -0.2) is 41.0 Å². The smallest absolute Gasteiger partial charge is 0.367 e. The van der Waals surface area contributed by atoms with Crippen LogP contribution in [0.25, 0.3) is 0 Å². The van der Waals surface area contributed by atoms with Gasteiger partial charge in [-0.25, -0.2) is 9.78 Å². The SMILES string of the molecule is CCOC(=O)c1nc(C(=O)N2CCCC[C@@H]2C)cs1. The molecule has 1 aromatic heterocycles. The molecular formula is C13H18N2O3S. The van der Waals surface area contributed by atoms with Gasteiger partial charge in [0.1, 0.15) is 5.69 Å². The third-order valence-electron chi connectivity index (χ3n) is 3.24. The van der Waals surface area contributed by atoms with E-state index in [4.69, 9.17) is 4.74 Å². The van der Waals surface area contributed by atoms with Crippen LogP contribution < -0.4 is 0 Å². The van der Waals surface area contributed by atoms with Crippen LogP contribution in [0.1, 0.15) is 53.4 Å². The lowest BCUT2D eigenvalue weighted by Crippen LogP contribution is -2.42. The van der Waals surface area contributed by atoms with Crippen LogP contribution in [0.4, 0.5) is 0 Å². The average Bonchev–Trinajstić information content (AvgIpc) is 2.88. The van der Waals surface area contributed by atoms with Crippen molar-refractivity contribution in [3.63, 3.8) is 0 Å². The standard InChI is InChI=1S/C13H18N2O3S/c1-3-18-13(17)11-14-10(8-19-11)12(16)15-7-5-4-6-9(15)2/h8-9H,3-7H2,1-2H3/t9-/m0/s1. The van der Waals surface area contributed by atoms with Crippen LogP contribution in [0.3, 0.4) is 0 Å². The summed E-state index contributed by atoms with van der Waals surface area (Å²) in [6.45, 7) is 4.87. The molecule has 6 heteroatoms. The molecule has 1 saturated heterocycles. The van der Waals surface area contributed by atoms with Gasteiger partial charge in [0.25, 0.3) is 5.91 Å². The van der Waals surface area contributed by atoms with E-state index in [1.807, 2.05) is 4.90 Å². The fourth-order valence-corrected chi connectivity index (χ4v) is 2.89. The highest BCUT2D eigenvalue weighted by atomic mass is 32.1. The zero-order valence-electron chi connectivity index (χ0n) is 11.2. The fourth-order valence-electron chi connectivity index (χ4n) is 2.21. The summed E-state index contributed by atoms with van der Waals surface area (Å²) >= 11 is 1.16. The van der Waals surface area contributed by atoms with Crippen molar-refractivity contribution in [2.24, 2.45) is 0 Å². The Balaban J connectivity index is 2.09. The quantitative estimate of drug-likeness (QED) is 0.798. The van der Waals surface area contributed by atoms with E-state index in [1.54, 1.807) is 12.3 Å². The molecule has 1 aliphatic heterocycles. The molecule has 0 unspecified atom stereocenters. The van der Waals surface area contributed by atoms with Gasteiger partial charge < -0.3 is 9.64 Å². The van der Waals surface area contributed by atoms with Crippen molar-refractivity contribution in [3.8, 4) is 0 Å². The maximum absolute atomic E-state index is 12.3. The van der Waals surface area contributed by atoms with Gasteiger partial charge in [-0.1, -0.05) is 0 Å². The van der Waals surface area contributed by atoms with E-state index in [2.05, 4.69) is 11.9 Å². The molecule has 2 heterocycles. The number of rotatable bonds is 3. The lowest BCUT2D eigenvalue weighted by Gasteiger charge is -2.32. The Bertz CT molecular complexity index is 472. The van der Waals surface area contributed by atoms with Gasteiger partial charge in [0.2, 0.25) is 5.01 Å². The molecule has 0 aliphatic carbocycles. The number of nitrogens with zero attached hydrogens (tertiary/aromatic N) is 2. The van der Waals surface area contributed by atoms with Gasteiger partial charge in [-0.05, 0) is 33.1 Å². The molecule has 1 fully saturated rings. The van der Waals surface area contributed by atoms with Crippen molar-refractivity contribution < 1.29 is 14.3 Å². The van der Waals surface area contributed by atoms with Gasteiger partial charge in [-0.3, -0.25) is 4.79 Å². The second kappa shape index (κ2) is 6.14. The van der Waals surface area contributed by atoms with Crippen molar-refractivity contribution in [2.45, 2.75) is 39.2 Å². The summed E-state index contributed by atoms with van der Waals surface area (Å²) in [6.07, 6.45) is 3.22. The van der Waals surface area contributed by atoms with Crippen molar-refractivity contribution in [1.29, 1.82) is 0 Å². The topological polar surface area (TPSA) is 59.5 Å². The summed E-state index contributed by atoms with van der Waals surface area (Å²) < 4.78 is 4.87. The molecule has 1 atom stereocenters. The van der Waals surface area contributed by atoms with Crippen LogP contribution in [0.5, 0.6) is 0 Å². The predicted octanol–water partition coefficient (Wildman–Crippen LogP) is 2.33. The van der Waals surface area contributed by atoms with Gasteiger partial charge >= 0.3 is 5.97 Å². The Morgan fingerprint density at radius 1 is 1.53 bits per heavy atom. The van der Waals surface area contributed by atoms with Crippen LogP contribution >= 0.6 is 11.3 Å². The van der Waals surface area contributed by atoms with Gasteiger partial charge in [0.05, 0.1) is 6.61 Å². The number of esters is 1. The summed E-state index contributed by atoms with van der Waals surface area (Å²) in [6, 6.07) is 0.244. The molecule has 0 N–H and O–H groups in total. The molecule has 0 aromatic carbocycles. The number of ether oxygens (including phenoxy) is 1. The number of hydrogen-bond acceptors (Lipinski definition) is 5. The Hall–Kier alpha value is -1.43. The van der Waals surface area contributed by atoms with Crippen LogP contribution in [0.15, 0.2) is 5.38 Å². The lowest BCUT2D eigenvalue weighted by molar-refractivity contribution is 0.0525. The number of piperidine rings is 1. The van der Waals surface area contributed by atoms with Crippen molar-refractivity contribution in [3.05, 3.63) is 16.1 Å². The summed E-state index contributed by atoms with van der Waals surface area (Å²) in [5, 5.41) is 1.88. The second-order valence-electron chi connectivity index (χ2n) is 4.60.